The highest BCUT2D eigenvalue weighted by Crippen LogP contribution is 2.28. The van der Waals surface area contributed by atoms with Crippen LogP contribution in [0.4, 0.5) is 11.4 Å². The van der Waals surface area contributed by atoms with Gasteiger partial charge in [0.25, 0.3) is 0 Å². The zero-order valence-corrected chi connectivity index (χ0v) is 16.2. The molecule has 0 aromatic heterocycles. The van der Waals surface area contributed by atoms with E-state index >= 15 is 0 Å². The molecule has 0 saturated heterocycles. The van der Waals surface area contributed by atoms with Crippen molar-refractivity contribution in [2.45, 2.75) is 39.2 Å². The van der Waals surface area contributed by atoms with E-state index in [0.29, 0.717) is 24.3 Å². The van der Waals surface area contributed by atoms with Crippen molar-refractivity contribution in [2.24, 2.45) is 0 Å². The molecular weight excluding hydrogens is 328 g/mol. The van der Waals surface area contributed by atoms with Crippen LogP contribution in [0.1, 0.15) is 32.8 Å². The lowest BCUT2D eigenvalue weighted by atomic mass is 10.1. The van der Waals surface area contributed by atoms with Gasteiger partial charge < -0.3 is 20.1 Å². The molecule has 2 aromatic carbocycles. The molecule has 0 spiro atoms. The molecule has 5 heteroatoms. The van der Waals surface area contributed by atoms with Gasteiger partial charge in [-0.25, -0.2) is 0 Å². The second-order valence-electron chi connectivity index (χ2n) is 7.19. The van der Waals surface area contributed by atoms with E-state index in [4.69, 9.17) is 9.47 Å². The summed E-state index contributed by atoms with van der Waals surface area (Å²) in [4.78, 5) is 12.2. The molecule has 26 heavy (non-hydrogen) atoms. The minimum absolute atomic E-state index is 0.00415. The Labute approximate surface area is 155 Å². The highest BCUT2D eigenvalue weighted by atomic mass is 16.5. The Morgan fingerprint density at radius 3 is 2.12 bits per heavy atom. The van der Waals surface area contributed by atoms with E-state index in [9.17, 15) is 4.79 Å². The van der Waals surface area contributed by atoms with Crippen molar-refractivity contribution in [3.8, 4) is 11.5 Å². The van der Waals surface area contributed by atoms with Crippen molar-refractivity contribution in [1.82, 2.24) is 0 Å². The predicted molar refractivity (Wildman–Crippen MR) is 106 cm³/mol. The van der Waals surface area contributed by atoms with Gasteiger partial charge in [-0.1, -0.05) is 6.07 Å². The maximum atomic E-state index is 12.2. The van der Waals surface area contributed by atoms with E-state index in [1.807, 2.05) is 42.5 Å². The number of aryl methyl sites for hydroxylation is 1. The number of benzene rings is 2. The van der Waals surface area contributed by atoms with Crippen LogP contribution >= 0.6 is 0 Å². The fourth-order valence-electron chi connectivity index (χ4n) is 2.59. The van der Waals surface area contributed by atoms with Crippen molar-refractivity contribution >= 4 is 17.3 Å². The highest BCUT2D eigenvalue weighted by Gasteiger charge is 2.10. The molecule has 0 atom stereocenters. The van der Waals surface area contributed by atoms with Crippen LogP contribution in [-0.2, 0) is 11.2 Å². The summed E-state index contributed by atoms with van der Waals surface area (Å²) in [7, 11) is 3.21. The van der Waals surface area contributed by atoms with Crippen LogP contribution in [0.2, 0.25) is 0 Å². The molecular formula is C21H28N2O3. The second kappa shape index (κ2) is 8.61. The number of nitrogens with one attached hydrogen (secondary N) is 2. The summed E-state index contributed by atoms with van der Waals surface area (Å²) in [6.45, 7) is 6.32. The third kappa shape index (κ3) is 5.99. The number of carbonyl (C=O) groups is 1. The number of methoxy groups -OCH3 is 2. The van der Waals surface area contributed by atoms with E-state index < -0.39 is 0 Å². The second-order valence-corrected chi connectivity index (χ2v) is 7.19. The maximum absolute atomic E-state index is 12.2. The normalized spacial score (nSPS) is 11.0. The number of amides is 1. The molecule has 0 heterocycles. The first-order valence-electron chi connectivity index (χ1n) is 8.70. The van der Waals surface area contributed by atoms with Gasteiger partial charge in [-0.15, -0.1) is 0 Å². The first-order valence-corrected chi connectivity index (χ1v) is 8.70. The Hall–Kier alpha value is -2.69. The van der Waals surface area contributed by atoms with Crippen LogP contribution < -0.4 is 20.1 Å². The number of ether oxygens (including phenoxy) is 2. The highest BCUT2D eigenvalue weighted by molar-refractivity contribution is 5.91. The Kier molecular flexibility index (Phi) is 6.50. The van der Waals surface area contributed by atoms with E-state index in [2.05, 4.69) is 31.4 Å². The summed E-state index contributed by atoms with van der Waals surface area (Å²) in [5.74, 6) is 1.34. The summed E-state index contributed by atoms with van der Waals surface area (Å²) < 4.78 is 10.5. The standard InChI is InChI=1S/C21H28N2O3/c1-21(2,3)23-17-10-8-16(9-11-17)22-20(24)13-7-15-6-12-18(25-4)19(14-15)26-5/h6,8-12,14,23H,7,13H2,1-5H3,(H,22,24). The van der Waals surface area contributed by atoms with Gasteiger partial charge in [-0.05, 0) is 69.2 Å². The maximum Gasteiger partial charge on any atom is 0.224 e. The van der Waals surface area contributed by atoms with E-state index in [1.165, 1.54) is 0 Å². The monoisotopic (exact) mass is 356 g/mol. The van der Waals surface area contributed by atoms with Crippen LogP contribution in [0.15, 0.2) is 42.5 Å². The van der Waals surface area contributed by atoms with Crippen molar-refractivity contribution in [3.63, 3.8) is 0 Å². The van der Waals surface area contributed by atoms with Crippen LogP contribution in [0.3, 0.4) is 0 Å². The number of rotatable bonds is 7. The Bertz CT molecular complexity index is 734. The molecule has 2 rings (SSSR count). The van der Waals surface area contributed by atoms with Gasteiger partial charge in [-0.3, -0.25) is 4.79 Å². The topological polar surface area (TPSA) is 59.6 Å². The summed E-state index contributed by atoms with van der Waals surface area (Å²) in [6, 6.07) is 13.4. The summed E-state index contributed by atoms with van der Waals surface area (Å²) in [6.07, 6.45) is 1.04. The molecule has 0 aliphatic heterocycles. The number of hydrogen-bond acceptors (Lipinski definition) is 4. The van der Waals surface area contributed by atoms with Crippen molar-refractivity contribution < 1.29 is 14.3 Å². The van der Waals surface area contributed by atoms with E-state index in [1.54, 1.807) is 14.2 Å². The van der Waals surface area contributed by atoms with E-state index in [-0.39, 0.29) is 11.4 Å². The zero-order chi connectivity index (χ0) is 19.2. The van der Waals surface area contributed by atoms with Gasteiger partial charge in [0.1, 0.15) is 0 Å². The lowest BCUT2D eigenvalue weighted by Gasteiger charge is -2.22. The summed E-state index contributed by atoms with van der Waals surface area (Å²) in [5, 5.41) is 6.32. The smallest absolute Gasteiger partial charge is 0.224 e. The van der Waals surface area contributed by atoms with Crippen molar-refractivity contribution in [3.05, 3.63) is 48.0 Å². The van der Waals surface area contributed by atoms with Gasteiger partial charge in [0, 0.05) is 23.3 Å². The van der Waals surface area contributed by atoms with Gasteiger partial charge in [0.05, 0.1) is 14.2 Å². The average Bonchev–Trinajstić information content (AvgIpc) is 2.60. The SMILES string of the molecule is COc1ccc(CCC(=O)Nc2ccc(NC(C)(C)C)cc2)cc1OC. The molecule has 2 N–H and O–H groups in total. The number of hydrogen-bond donors (Lipinski definition) is 2. The molecule has 0 saturated carbocycles. The lowest BCUT2D eigenvalue weighted by molar-refractivity contribution is -0.116. The minimum Gasteiger partial charge on any atom is -0.493 e. The van der Waals surface area contributed by atoms with Crippen LogP contribution in [0.5, 0.6) is 11.5 Å². The van der Waals surface area contributed by atoms with E-state index in [0.717, 1.165) is 16.9 Å². The van der Waals surface area contributed by atoms with Crippen molar-refractivity contribution in [2.75, 3.05) is 24.9 Å². The quantitative estimate of drug-likeness (QED) is 0.768. The summed E-state index contributed by atoms with van der Waals surface area (Å²) >= 11 is 0. The molecule has 0 aliphatic rings. The molecule has 140 valence electrons. The molecule has 0 bridgehead atoms. The Balaban J connectivity index is 1.89. The van der Waals surface area contributed by atoms with Crippen LogP contribution in [-0.4, -0.2) is 25.7 Å². The minimum atomic E-state index is -0.0173. The fraction of sp³-hybridized carbons (Fsp3) is 0.381. The Morgan fingerprint density at radius 2 is 1.54 bits per heavy atom. The predicted octanol–water partition coefficient (Wildman–Crippen LogP) is 4.49. The number of anilines is 2. The average molecular weight is 356 g/mol. The molecule has 5 nitrogen and oxygen atoms in total. The fourth-order valence-corrected chi connectivity index (χ4v) is 2.59. The first-order chi connectivity index (χ1) is 12.3. The van der Waals surface area contributed by atoms with Crippen LogP contribution in [0.25, 0.3) is 0 Å². The van der Waals surface area contributed by atoms with Gasteiger partial charge in [0.2, 0.25) is 5.91 Å². The van der Waals surface area contributed by atoms with Gasteiger partial charge in [0.15, 0.2) is 11.5 Å². The third-order valence-corrected chi connectivity index (χ3v) is 3.78. The third-order valence-electron chi connectivity index (χ3n) is 3.78. The Morgan fingerprint density at radius 1 is 0.923 bits per heavy atom. The molecule has 1 amide bonds. The number of carbonyl (C=O) groups excluding carboxylic acids is 1. The first kappa shape index (κ1) is 19.6. The molecule has 0 radical (unpaired) electrons. The van der Waals surface area contributed by atoms with Crippen LogP contribution in [0, 0.1) is 0 Å². The van der Waals surface area contributed by atoms with Crippen molar-refractivity contribution in [1.29, 1.82) is 0 Å². The molecule has 0 fully saturated rings. The van der Waals surface area contributed by atoms with Gasteiger partial charge >= 0.3 is 0 Å². The molecule has 0 aliphatic carbocycles. The largest absolute Gasteiger partial charge is 0.493 e. The molecule has 0 unspecified atom stereocenters. The zero-order valence-electron chi connectivity index (χ0n) is 16.2. The lowest BCUT2D eigenvalue weighted by Crippen LogP contribution is -2.25. The van der Waals surface area contributed by atoms with Gasteiger partial charge in [-0.2, -0.15) is 0 Å². The molecule has 2 aromatic rings. The summed E-state index contributed by atoms with van der Waals surface area (Å²) in [5.41, 5.74) is 2.86.